The average molecular weight is 323 g/mol. The van der Waals surface area contributed by atoms with Crippen LogP contribution < -0.4 is 5.32 Å². The first-order chi connectivity index (χ1) is 11.2. The van der Waals surface area contributed by atoms with Crippen LogP contribution in [0.15, 0.2) is 0 Å². The van der Waals surface area contributed by atoms with E-state index in [-0.39, 0.29) is 17.7 Å². The molecule has 3 fully saturated rings. The lowest BCUT2D eigenvalue weighted by molar-refractivity contribution is -0.129. The Balaban J connectivity index is 1.34. The van der Waals surface area contributed by atoms with Crippen molar-refractivity contribution in [3.05, 3.63) is 0 Å². The van der Waals surface area contributed by atoms with E-state index < -0.39 is 0 Å². The number of amides is 2. The van der Waals surface area contributed by atoms with Crippen LogP contribution >= 0.6 is 0 Å². The predicted molar refractivity (Wildman–Crippen MR) is 86.9 cm³/mol. The summed E-state index contributed by atoms with van der Waals surface area (Å²) < 4.78 is 5.12. The fourth-order valence-electron chi connectivity index (χ4n) is 3.67. The Morgan fingerprint density at radius 2 is 2.00 bits per heavy atom. The summed E-state index contributed by atoms with van der Waals surface area (Å²) in [5, 5.41) is 3.09. The molecule has 6 heteroatoms. The molecular formula is C17H29N3O3. The van der Waals surface area contributed by atoms with Gasteiger partial charge in [-0.15, -0.1) is 0 Å². The molecule has 1 N–H and O–H groups in total. The van der Waals surface area contributed by atoms with Gasteiger partial charge in [-0.3, -0.25) is 9.59 Å². The molecule has 0 aromatic heterocycles. The van der Waals surface area contributed by atoms with Crippen LogP contribution in [0, 0.1) is 11.8 Å². The quantitative estimate of drug-likeness (QED) is 0.740. The van der Waals surface area contributed by atoms with Gasteiger partial charge in [-0.25, -0.2) is 0 Å². The van der Waals surface area contributed by atoms with Crippen molar-refractivity contribution < 1.29 is 14.3 Å². The molecule has 0 aromatic carbocycles. The van der Waals surface area contributed by atoms with E-state index in [0.29, 0.717) is 24.9 Å². The molecule has 2 heterocycles. The van der Waals surface area contributed by atoms with Crippen LogP contribution in [0.1, 0.15) is 32.1 Å². The second-order valence-corrected chi connectivity index (χ2v) is 7.20. The molecule has 2 amide bonds. The Morgan fingerprint density at radius 1 is 1.26 bits per heavy atom. The van der Waals surface area contributed by atoms with Gasteiger partial charge < -0.3 is 19.9 Å². The van der Waals surface area contributed by atoms with Crippen LogP contribution in [0.3, 0.4) is 0 Å². The van der Waals surface area contributed by atoms with Gasteiger partial charge in [-0.1, -0.05) is 0 Å². The van der Waals surface area contributed by atoms with Crippen LogP contribution in [0.5, 0.6) is 0 Å². The normalized spacial score (nSPS) is 26.7. The fraction of sp³-hybridized carbons (Fsp3) is 0.882. The van der Waals surface area contributed by atoms with Gasteiger partial charge in [-0.05, 0) is 44.7 Å². The van der Waals surface area contributed by atoms with Crippen molar-refractivity contribution in [1.82, 2.24) is 15.1 Å². The maximum atomic E-state index is 12.3. The standard InChI is InChI=1S/C17H29N3O3/c1-23-9-8-19-6-4-13(5-7-19)11-18-17(22)14-10-16(21)20(12-14)15-2-3-15/h13-15H,2-12H2,1H3,(H,18,22). The largest absolute Gasteiger partial charge is 0.383 e. The number of nitrogens with zero attached hydrogens (tertiary/aromatic N) is 2. The van der Waals surface area contributed by atoms with E-state index in [1.54, 1.807) is 7.11 Å². The van der Waals surface area contributed by atoms with E-state index in [9.17, 15) is 9.59 Å². The maximum Gasteiger partial charge on any atom is 0.225 e. The molecule has 1 atom stereocenters. The first kappa shape index (κ1) is 16.7. The topological polar surface area (TPSA) is 61.9 Å². The van der Waals surface area contributed by atoms with E-state index >= 15 is 0 Å². The van der Waals surface area contributed by atoms with Gasteiger partial charge in [0.1, 0.15) is 0 Å². The summed E-state index contributed by atoms with van der Waals surface area (Å²) in [6.45, 7) is 5.34. The van der Waals surface area contributed by atoms with Crippen molar-refractivity contribution in [2.45, 2.75) is 38.1 Å². The smallest absolute Gasteiger partial charge is 0.225 e. The minimum absolute atomic E-state index is 0.0725. The van der Waals surface area contributed by atoms with Crippen molar-refractivity contribution >= 4 is 11.8 Å². The molecule has 2 aliphatic heterocycles. The highest BCUT2D eigenvalue weighted by Crippen LogP contribution is 2.32. The summed E-state index contributed by atoms with van der Waals surface area (Å²) in [5.74, 6) is 0.668. The molecule has 0 radical (unpaired) electrons. The van der Waals surface area contributed by atoms with Crippen LogP contribution in [0.2, 0.25) is 0 Å². The van der Waals surface area contributed by atoms with Gasteiger partial charge >= 0.3 is 0 Å². The first-order valence-corrected chi connectivity index (χ1v) is 8.96. The third-order valence-corrected chi connectivity index (χ3v) is 5.40. The molecule has 1 unspecified atom stereocenters. The van der Waals surface area contributed by atoms with Crippen LogP contribution in [-0.2, 0) is 14.3 Å². The maximum absolute atomic E-state index is 12.3. The monoisotopic (exact) mass is 323 g/mol. The summed E-state index contributed by atoms with van der Waals surface area (Å²) in [5.41, 5.74) is 0. The number of ether oxygens (including phenoxy) is 1. The van der Waals surface area contributed by atoms with E-state index in [2.05, 4.69) is 10.2 Å². The van der Waals surface area contributed by atoms with Crippen molar-refractivity contribution in [2.24, 2.45) is 11.8 Å². The lowest BCUT2D eigenvalue weighted by Crippen LogP contribution is -2.41. The minimum atomic E-state index is -0.134. The number of carbonyl (C=O) groups excluding carboxylic acids is 2. The highest BCUT2D eigenvalue weighted by atomic mass is 16.5. The molecule has 6 nitrogen and oxygen atoms in total. The molecule has 3 aliphatic rings. The minimum Gasteiger partial charge on any atom is -0.383 e. The summed E-state index contributed by atoms with van der Waals surface area (Å²) in [6, 6.07) is 0.428. The number of likely N-dealkylation sites (tertiary alicyclic amines) is 2. The fourth-order valence-corrected chi connectivity index (χ4v) is 3.67. The SMILES string of the molecule is COCCN1CCC(CNC(=O)C2CC(=O)N(C3CC3)C2)CC1. The summed E-state index contributed by atoms with van der Waals surface area (Å²) in [4.78, 5) is 28.6. The Hall–Kier alpha value is -1.14. The lowest BCUT2D eigenvalue weighted by Gasteiger charge is -2.31. The number of carbonyl (C=O) groups is 2. The molecule has 1 saturated carbocycles. The van der Waals surface area contributed by atoms with E-state index in [4.69, 9.17) is 4.74 Å². The summed E-state index contributed by atoms with van der Waals surface area (Å²) in [7, 11) is 1.74. The summed E-state index contributed by atoms with van der Waals surface area (Å²) >= 11 is 0. The number of hydrogen-bond donors (Lipinski definition) is 1. The van der Waals surface area contributed by atoms with Gasteiger partial charge in [0.25, 0.3) is 0 Å². The van der Waals surface area contributed by atoms with Crippen molar-refractivity contribution in [1.29, 1.82) is 0 Å². The Labute approximate surface area is 138 Å². The number of piperidine rings is 1. The second kappa shape index (κ2) is 7.62. The number of rotatable bonds is 7. The molecule has 0 bridgehead atoms. The molecule has 1 aliphatic carbocycles. The van der Waals surface area contributed by atoms with Gasteiger partial charge in [0.05, 0.1) is 12.5 Å². The molecular weight excluding hydrogens is 294 g/mol. The Bertz CT molecular complexity index is 431. The second-order valence-electron chi connectivity index (χ2n) is 7.20. The van der Waals surface area contributed by atoms with Crippen molar-refractivity contribution in [3.8, 4) is 0 Å². The zero-order valence-electron chi connectivity index (χ0n) is 14.1. The third-order valence-electron chi connectivity index (χ3n) is 5.40. The Morgan fingerprint density at radius 3 is 2.65 bits per heavy atom. The van der Waals surface area contributed by atoms with Gasteiger partial charge in [0, 0.05) is 39.2 Å². The highest BCUT2D eigenvalue weighted by Gasteiger charge is 2.41. The van der Waals surface area contributed by atoms with Gasteiger partial charge in [0.2, 0.25) is 11.8 Å². The molecule has 0 aromatic rings. The predicted octanol–water partition coefficient (Wildman–Crippen LogP) is 0.472. The molecule has 2 saturated heterocycles. The van der Waals surface area contributed by atoms with E-state index in [1.165, 1.54) is 0 Å². The molecule has 130 valence electrons. The molecule has 0 spiro atoms. The van der Waals surface area contributed by atoms with E-state index in [0.717, 1.165) is 58.5 Å². The number of methoxy groups -OCH3 is 1. The van der Waals surface area contributed by atoms with E-state index in [1.807, 2.05) is 4.90 Å². The Kier molecular flexibility index (Phi) is 5.54. The highest BCUT2D eigenvalue weighted by molar-refractivity contribution is 5.89. The van der Waals surface area contributed by atoms with Crippen LogP contribution in [-0.4, -0.2) is 74.1 Å². The third kappa shape index (κ3) is 4.44. The van der Waals surface area contributed by atoms with Crippen LogP contribution in [0.25, 0.3) is 0 Å². The van der Waals surface area contributed by atoms with Crippen molar-refractivity contribution in [3.63, 3.8) is 0 Å². The molecule has 23 heavy (non-hydrogen) atoms. The zero-order chi connectivity index (χ0) is 16.2. The summed E-state index contributed by atoms with van der Waals surface area (Å²) in [6.07, 6.45) is 4.88. The van der Waals surface area contributed by atoms with Crippen molar-refractivity contribution in [2.75, 3.05) is 46.4 Å². The molecule has 3 rings (SSSR count). The lowest BCUT2D eigenvalue weighted by atomic mass is 9.96. The first-order valence-electron chi connectivity index (χ1n) is 8.96. The number of nitrogens with one attached hydrogen (secondary N) is 1. The average Bonchev–Trinajstić information content (AvgIpc) is 3.33. The van der Waals surface area contributed by atoms with Gasteiger partial charge in [-0.2, -0.15) is 0 Å². The van der Waals surface area contributed by atoms with Gasteiger partial charge in [0.15, 0.2) is 0 Å². The number of hydrogen-bond acceptors (Lipinski definition) is 4. The zero-order valence-corrected chi connectivity index (χ0v) is 14.1. The van der Waals surface area contributed by atoms with Crippen LogP contribution in [0.4, 0.5) is 0 Å².